The molecule has 1 aromatic carbocycles. The Hall–Kier alpha value is -2.49. The maximum absolute atomic E-state index is 12.9. The lowest BCUT2D eigenvalue weighted by atomic mass is 10.1. The lowest BCUT2D eigenvalue weighted by molar-refractivity contribution is -0.118. The van der Waals surface area contributed by atoms with Crippen molar-refractivity contribution in [3.05, 3.63) is 76.7 Å². The predicted octanol–water partition coefficient (Wildman–Crippen LogP) is 4.32. The van der Waals surface area contributed by atoms with Crippen molar-refractivity contribution in [3.8, 4) is 0 Å². The molecule has 0 saturated heterocycles. The minimum Gasteiger partial charge on any atom is -0.298 e. The molecule has 3 aromatic heterocycles. The van der Waals surface area contributed by atoms with Gasteiger partial charge in [-0.25, -0.2) is 0 Å². The maximum Gasteiger partial charge on any atom is 0.255 e. The minimum absolute atomic E-state index is 0.198. The molecule has 0 radical (unpaired) electrons. The van der Waals surface area contributed by atoms with Crippen LogP contribution in [0.3, 0.4) is 0 Å². The number of hydrogen-bond donors (Lipinski definition) is 1. The van der Waals surface area contributed by atoms with Crippen LogP contribution >= 0.6 is 34.4 Å². The van der Waals surface area contributed by atoms with E-state index < -0.39 is 6.04 Å². The molecule has 1 atom stereocenters. The highest BCUT2D eigenvalue weighted by molar-refractivity contribution is 8.00. The standard InChI is InChI=1S/C18H15N5OS3/c24-16(15(23-10-5-9-19-23)13-6-2-1-3-7-13)20-17-21-22-18(27-17)26-12-14-8-4-11-25-14/h1-11,15H,12H2,(H,20,21,24). The Kier molecular flexibility index (Phi) is 5.61. The van der Waals surface area contributed by atoms with E-state index in [0.717, 1.165) is 15.7 Å². The molecule has 136 valence electrons. The first-order valence-electron chi connectivity index (χ1n) is 8.13. The Morgan fingerprint density at radius 1 is 1.15 bits per heavy atom. The third-order valence-corrected chi connectivity index (χ3v) is 6.79. The van der Waals surface area contributed by atoms with Gasteiger partial charge in [0.2, 0.25) is 5.13 Å². The summed E-state index contributed by atoms with van der Waals surface area (Å²) >= 11 is 4.71. The van der Waals surface area contributed by atoms with E-state index >= 15 is 0 Å². The average Bonchev–Trinajstić information content (AvgIpc) is 3.44. The van der Waals surface area contributed by atoms with E-state index in [1.54, 1.807) is 46.2 Å². The van der Waals surface area contributed by atoms with E-state index in [0.29, 0.717) is 5.13 Å². The Balaban J connectivity index is 1.47. The fourth-order valence-electron chi connectivity index (χ4n) is 2.51. The third-order valence-electron chi connectivity index (χ3n) is 3.71. The molecule has 0 fully saturated rings. The van der Waals surface area contributed by atoms with Crippen molar-refractivity contribution in [3.63, 3.8) is 0 Å². The Morgan fingerprint density at radius 3 is 2.78 bits per heavy atom. The molecule has 27 heavy (non-hydrogen) atoms. The van der Waals surface area contributed by atoms with Crippen molar-refractivity contribution in [2.75, 3.05) is 5.32 Å². The highest BCUT2D eigenvalue weighted by atomic mass is 32.2. The lowest BCUT2D eigenvalue weighted by Gasteiger charge is -2.16. The van der Waals surface area contributed by atoms with Gasteiger partial charge in [0.05, 0.1) is 0 Å². The number of thiophene rings is 1. The summed E-state index contributed by atoms with van der Waals surface area (Å²) in [6.07, 6.45) is 3.44. The van der Waals surface area contributed by atoms with Crippen LogP contribution < -0.4 is 5.32 Å². The van der Waals surface area contributed by atoms with Crippen molar-refractivity contribution >= 4 is 45.5 Å². The molecule has 4 rings (SSSR count). The van der Waals surface area contributed by atoms with Gasteiger partial charge >= 0.3 is 0 Å². The number of nitrogens with one attached hydrogen (secondary N) is 1. The van der Waals surface area contributed by atoms with E-state index in [1.165, 1.54) is 16.2 Å². The summed E-state index contributed by atoms with van der Waals surface area (Å²) in [4.78, 5) is 14.2. The van der Waals surface area contributed by atoms with Crippen molar-refractivity contribution in [1.82, 2.24) is 20.0 Å². The number of benzene rings is 1. The average molecular weight is 414 g/mol. The maximum atomic E-state index is 12.9. The largest absolute Gasteiger partial charge is 0.298 e. The number of rotatable bonds is 7. The van der Waals surface area contributed by atoms with Gasteiger partial charge in [-0.1, -0.05) is 59.5 Å². The van der Waals surface area contributed by atoms with Gasteiger partial charge in [-0.3, -0.25) is 14.8 Å². The van der Waals surface area contributed by atoms with E-state index in [4.69, 9.17) is 0 Å². The van der Waals surface area contributed by atoms with Crippen LogP contribution in [0, 0.1) is 0 Å². The zero-order valence-electron chi connectivity index (χ0n) is 14.1. The molecule has 0 spiro atoms. The molecule has 9 heteroatoms. The second-order valence-electron chi connectivity index (χ2n) is 5.53. The quantitative estimate of drug-likeness (QED) is 0.361. The van der Waals surface area contributed by atoms with Gasteiger partial charge in [-0.05, 0) is 23.1 Å². The number of thioether (sulfide) groups is 1. The summed E-state index contributed by atoms with van der Waals surface area (Å²) in [5.74, 6) is 0.649. The molecule has 0 aliphatic carbocycles. The molecule has 0 aliphatic heterocycles. The molecular formula is C18H15N5OS3. The normalized spacial score (nSPS) is 12.0. The number of carbonyl (C=O) groups is 1. The van der Waals surface area contributed by atoms with E-state index in [2.05, 4.69) is 32.1 Å². The van der Waals surface area contributed by atoms with Gasteiger partial charge in [0, 0.05) is 23.0 Å². The molecule has 4 aromatic rings. The van der Waals surface area contributed by atoms with Crippen LogP contribution in [-0.4, -0.2) is 25.9 Å². The first-order chi connectivity index (χ1) is 13.3. The summed E-state index contributed by atoms with van der Waals surface area (Å²) in [6, 6.07) is 14.9. The molecule has 1 N–H and O–H groups in total. The molecule has 3 heterocycles. The minimum atomic E-state index is -0.563. The van der Waals surface area contributed by atoms with Crippen LogP contribution in [0.25, 0.3) is 0 Å². The summed E-state index contributed by atoms with van der Waals surface area (Å²) in [7, 11) is 0. The number of aromatic nitrogens is 4. The number of nitrogens with zero attached hydrogens (tertiary/aromatic N) is 4. The molecule has 6 nitrogen and oxygen atoms in total. The second kappa shape index (κ2) is 8.47. The van der Waals surface area contributed by atoms with Crippen LogP contribution in [0.15, 0.2) is 70.6 Å². The third kappa shape index (κ3) is 4.44. The molecule has 0 bridgehead atoms. The molecule has 0 aliphatic rings. The summed E-state index contributed by atoms with van der Waals surface area (Å²) in [5, 5.41) is 17.9. The molecular weight excluding hydrogens is 398 g/mol. The molecule has 1 amide bonds. The molecule has 0 saturated carbocycles. The predicted molar refractivity (Wildman–Crippen MR) is 109 cm³/mol. The van der Waals surface area contributed by atoms with Gasteiger partial charge in [-0.2, -0.15) is 5.10 Å². The first kappa shape index (κ1) is 17.9. The number of amides is 1. The highest BCUT2D eigenvalue weighted by Gasteiger charge is 2.24. The number of hydrogen-bond acceptors (Lipinski definition) is 7. The van der Waals surface area contributed by atoms with Gasteiger partial charge in [0.15, 0.2) is 10.4 Å². The summed E-state index contributed by atoms with van der Waals surface area (Å²) in [5.41, 5.74) is 0.857. The van der Waals surface area contributed by atoms with Crippen LogP contribution in [0.2, 0.25) is 0 Å². The van der Waals surface area contributed by atoms with Crippen LogP contribution in [-0.2, 0) is 10.5 Å². The SMILES string of the molecule is O=C(Nc1nnc(SCc2cccs2)s1)C(c1ccccc1)n1cccn1. The van der Waals surface area contributed by atoms with Gasteiger partial charge < -0.3 is 0 Å². The van der Waals surface area contributed by atoms with E-state index in [1.807, 2.05) is 36.4 Å². The zero-order valence-corrected chi connectivity index (χ0v) is 16.5. The Labute approximate surface area is 168 Å². The van der Waals surface area contributed by atoms with Gasteiger partial charge in [-0.15, -0.1) is 21.5 Å². The fraction of sp³-hybridized carbons (Fsp3) is 0.111. The smallest absolute Gasteiger partial charge is 0.255 e. The fourth-order valence-corrected chi connectivity index (χ4v) is 5.04. The van der Waals surface area contributed by atoms with Crippen LogP contribution in [0.1, 0.15) is 16.5 Å². The van der Waals surface area contributed by atoms with E-state index in [9.17, 15) is 4.79 Å². The summed E-state index contributed by atoms with van der Waals surface area (Å²) in [6.45, 7) is 0. The van der Waals surface area contributed by atoms with Crippen LogP contribution in [0.5, 0.6) is 0 Å². The molecule has 1 unspecified atom stereocenters. The van der Waals surface area contributed by atoms with Crippen LogP contribution in [0.4, 0.5) is 5.13 Å². The van der Waals surface area contributed by atoms with Crippen molar-refractivity contribution in [2.45, 2.75) is 16.1 Å². The highest BCUT2D eigenvalue weighted by Crippen LogP contribution is 2.30. The zero-order chi connectivity index (χ0) is 18.5. The van der Waals surface area contributed by atoms with Crippen molar-refractivity contribution in [1.29, 1.82) is 0 Å². The monoisotopic (exact) mass is 413 g/mol. The topological polar surface area (TPSA) is 72.7 Å². The first-order valence-corrected chi connectivity index (χ1v) is 10.8. The van der Waals surface area contributed by atoms with Crippen molar-refractivity contribution in [2.24, 2.45) is 0 Å². The van der Waals surface area contributed by atoms with E-state index in [-0.39, 0.29) is 5.91 Å². The Bertz CT molecular complexity index is 983. The number of carbonyl (C=O) groups excluding carboxylic acids is 1. The van der Waals surface area contributed by atoms with Crippen molar-refractivity contribution < 1.29 is 4.79 Å². The lowest BCUT2D eigenvalue weighted by Crippen LogP contribution is -2.27. The van der Waals surface area contributed by atoms with Gasteiger partial charge in [0.1, 0.15) is 0 Å². The number of anilines is 1. The summed E-state index contributed by atoms with van der Waals surface area (Å²) < 4.78 is 2.46. The van der Waals surface area contributed by atoms with Gasteiger partial charge in [0.25, 0.3) is 5.91 Å². The Morgan fingerprint density at radius 2 is 2.04 bits per heavy atom. The second-order valence-corrected chi connectivity index (χ2v) is 8.76.